The molecule has 1 aliphatic rings. The van der Waals surface area contributed by atoms with Crippen LogP contribution in [0.1, 0.15) is 11.5 Å². The smallest absolute Gasteiger partial charge is 0.316 e. The van der Waals surface area contributed by atoms with Gasteiger partial charge in [-0.1, -0.05) is 29.8 Å². The fourth-order valence-electron chi connectivity index (χ4n) is 1.97. The summed E-state index contributed by atoms with van der Waals surface area (Å²) in [7, 11) is 0. The quantitative estimate of drug-likeness (QED) is 0.764. The van der Waals surface area contributed by atoms with Gasteiger partial charge in [-0.05, 0) is 11.6 Å². The summed E-state index contributed by atoms with van der Waals surface area (Å²) < 4.78 is 0. The predicted molar refractivity (Wildman–Crippen MR) is 58.3 cm³/mol. The summed E-state index contributed by atoms with van der Waals surface area (Å²) in [5.41, 5.74) is 0.704. The minimum Gasteiger partial charge on any atom is -0.481 e. The Hall–Kier alpha value is -1.55. The lowest BCUT2D eigenvalue weighted by atomic mass is 9.88. The molecule has 0 saturated carbocycles. The zero-order chi connectivity index (χ0) is 11.7. The van der Waals surface area contributed by atoms with Crippen LogP contribution in [0.3, 0.4) is 0 Å². The van der Waals surface area contributed by atoms with E-state index in [0.717, 1.165) is 0 Å². The second-order valence-corrected chi connectivity index (χ2v) is 4.10. The second-order valence-electron chi connectivity index (χ2n) is 3.69. The van der Waals surface area contributed by atoms with Crippen molar-refractivity contribution in [2.24, 2.45) is 5.92 Å². The largest absolute Gasteiger partial charge is 0.481 e. The summed E-state index contributed by atoms with van der Waals surface area (Å²) in [5.74, 6) is -2.99. The standard InChI is InChI=1S/C11H10ClNO3/c12-8-4-2-1-3-6(8)7-5-13-10(14)9(7)11(15)16/h1-4,7,9H,5H2,(H,13,14)(H,15,16). The molecule has 1 aliphatic heterocycles. The number of carboxylic acid groups (broad SMARTS) is 1. The highest BCUT2D eigenvalue weighted by Crippen LogP contribution is 2.33. The molecule has 2 atom stereocenters. The van der Waals surface area contributed by atoms with Gasteiger partial charge >= 0.3 is 5.97 Å². The van der Waals surface area contributed by atoms with Crippen molar-refractivity contribution < 1.29 is 14.7 Å². The Morgan fingerprint density at radius 1 is 1.44 bits per heavy atom. The van der Waals surface area contributed by atoms with E-state index in [2.05, 4.69) is 5.32 Å². The molecule has 1 aromatic rings. The Morgan fingerprint density at radius 2 is 2.12 bits per heavy atom. The summed E-state index contributed by atoms with van der Waals surface area (Å²) in [6.45, 7) is 0.319. The van der Waals surface area contributed by atoms with E-state index < -0.39 is 23.7 Å². The molecule has 4 nitrogen and oxygen atoms in total. The van der Waals surface area contributed by atoms with Crippen molar-refractivity contribution in [1.29, 1.82) is 0 Å². The van der Waals surface area contributed by atoms with E-state index in [0.29, 0.717) is 17.1 Å². The third-order valence-electron chi connectivity index (χ3n) is 2.75. The van der Waals surface area contributed by atoms with E-state index in [4.69, 9.17) is 16.7 Å². The number of amides is 1. The van der Waals surface area contributed by atoms with Gasteiger partial charge in [0.05, 0.1) is 0 Å². The molecule has 5 heteroatoms. The zero-order valence-corrected chi connectivity index (χ0v) is 9.07. The Labute approximate surface area is 97.2 Å². The van der Waals surface area contributed by atoms with Gasteiger partial charge in [-0.25, -0.2) is 0 Å². The minimum atomic E-state index is -1.11. The SMILES string of the molecule is O=C(O)C1C(=O)NCC1c1ccccc1Cl. The molecule has 0 radical (unpaired) electrons. The highest BCUT2D eigenvalue weighted by atomic mass is 35.5. The number of halogens is 1. The fraction of sp³-hybridized carbons (Fsp3) is 0.273. The van der Waals surface area contributed by atoms with Gasteiger partial charge in [0.25, 0.3) is 0 Å². The highest BCUT2D eigenvalue weighted by molar-refractivity contribution is 6.31. The summed E-state index contributed by atoms with van der Waals surface area (Å²) in [4.78, 5) is 22.4. The van der Waals surface area contributed by atoms with Crippen LogP contribution < -0.4 is 5.32 Å². The molecule has 1 heterocycles. The van der Waals surface area contributed by atoms with E-state index in [9.17, 15) is 9.59 Å². The number of carbonyl (C=O) groups is 2. The van der Waals surface area contributed by atoms with Crippen LogP contribution in [0, 0.1) is 5.92 Å². The molecule has 0 aliphatic carbocycles. The molecule has 1 aromatic carbocycles. The van der Waals surface area contributed by atoms with Gasteiger partial charge in [0.1, 0.15) is 5.92 Å². The number of hydrogen-bond acceptors (Lipinski definition) is 2. The van der Waals surface area contributed by atoms with Gasteiger partial charge < -0.3 is 10.4 Å². The van der Waals surface area contributed by atoms with Crippen molar-refractivity contribution in [3.05, 3.63) is 34.9 Å². The van der Waals surface area contributed by atoms with Gasteiger partial charge in [-0.15, -0.1) is 0 Å². The predicted octanol–water partition coefficient (Wildman–Crippen LogP) is 1.25. The average Bonchev–Trinajstić information content (AvgIpc) is 2.61. The van der Waals surface area contributed by atoms with Crippen LogP contribution in [0.5, 0.6) is 0 Å². The number of aliphatic carboxylic acids is 1. The van der Waals surface area contributed by atoms with Gasteiger partial charge in [0, 0.05) is 17.5 Å². The highest BCUT2D eigenvalue weighted by Gasteiger charge is 2.41. The number of benzene rings is 1. The fourth-order valence-corrected chi connectivity index (χ4v) is 2.25. The van der Waals surface area contributed by atoms with Gasteiger partial charge in [-0.2, -0.15) is 0 Å². The maximum atomic E-state index is 11.4. The van der Waals surface area contributed by atoms with Gasteiger partial charge in [-0.3, -0.25) is 9.59 Å². The molecule has 1 fully saturated rings. The molecule has 1 amide bonds. The van der Waals surface area contributed by atoms with Crippen molar-refractivity contribution in [2.45, 2.75) is 5.92 Å². The molecule has 2 N–H and O–H groups in total. The van der Waals surface area contributed by atoms with Crippen molar-refractivity contribution in [1.82, 2.24) is 5.32 Å². The number of carboxylic acids is 1. The lowest BCUT2D eigenvalue weighted by Crippen LogP contribution is -2.26. The topological polar surface area (TPSA) is 66.4 Å². The number of nitrogens with one attached hydrogen (secondary N) is 1. The van der Waals surface area contributed by atoms with E-state index >= 15 is 0 Å². The maximum absolute atomic E-state index is 11.4. The molecule has 84 valence electrons. The molecule has 0 aromatic heterocycles. The van der Waals surface area contributed by atoms with Gasteiger partial charge in [0.2, 0.25) is 5.91 Å². The first-order valence-electron chi connectivity index (χ1n) is 4.86. The molecule has 2 rings (SSSR count). The lowest BCUT2D eigenvalue weighted by Gasteiger charge is -2.14. The number of rotatable bonds is 2. The summed E-state index contributed by atoms with van der Waals surface area (Å²) in [6.07, 6.45) is 0. The van der Waals surface area contributed by atoms with Crippen molar-refractivity contribution in [2.75, 3.05) is 6.54 Å². The molecule has 1 saturated heterocycles. The second kappa shape index (κ2) is 4.14. The van der Waals surface area contributed by atoms with E-state index in [1.54, 1.807) is 24.3 Å². The van der Waals surface area contributed by atoms with Crippen LogP contribution in [-0.2, 0) is 9.59 Å². The van der Waals surface area contributed by atoms with E-state index in [1.165, 1.54) is 0 Å². The molecule has 2 unspecified atom stereocenters. The van der Waals surface area contributed by atoms with Crippen LogP contribution >= 0.6 is 11.6 Å². The monoisotopic (exact) mass is 239 g/mol. The van der Waals surface area contributed by atoms with Crippen LogP contribution in [-0.4, -0.2) is 23.5 Å². The Bertz CT molecular complexity index is 447. The van der Waals surface area contributed by atoms with Gasteiger partial charge in [0.15, 0.2) is 0 Å². The van der Waals surface area contributed by atoms with Crippen molar-refractivity contribution in [3.8, 4) is 0 Å². The third kappa shape index (κ3) is 1.76. The first kappa shape index (κ1) is 11.0. The molecule has 0 spiro atoms. The number of carbonyl (C=O) groups excluding carboxylic acids is 1. The molecule has 0 bridgehead atoms. The van der Waals surface area contributed by atoms with E-state index in [-0.39, 0.29) is 0 Å². The van der Waals surface area contributed by atoms with Crippen molar-refractivity contribution in [3.63, 3.8) is 0 Å². The zero-order valence-electron chi connectivity index (χ0n) is 8.31. The molecular weight excluding hydrogens is 230 g/mol. The van der Waals surface area contributed by atoms with Crippen LogP contribution in [0.15, 0.2) is 24.3 Å². The summed E-state index contributed by atoms with van der Waals surface area (Å²) in [6, 6.07) is 7.00. The first-order valence-corrected chi connectivity index (χ1v) is 5.24. The van der Waals surface area contributed by atoms with Crippen LogP contribution in [0.25, 0.3) is 0 Å². The maximum Gasteiger partial charge on any atom is 0.316 e. The first-order chi connectivity index (χ1) is 7.61. The minimum absolute atomic E-state index is 0.319. The summed E-state index contributed by atoms with van der Waals surface area (Å²) >= 11 is 5.99. The van der Waals surface area contributed by atoms with Crippen LogP contribution in [0.2, 0.25) is 5.02 Å². The van der Waals surface area contributed by atoms with E-state index in [1.807, 2.05) is 0 Å². The van der Waals surface area contributed by atoms with Crippen molar-refractivity contribution >= 4 is 23.5 Å². The Balaban J connectivity index is 2.38. The molecular formula is C11H10ClNO3. The Morgan fingerprint density at radius 3 is 2.75 bits per heavy atom. The van der Waals surface area contributed by atoms with Crippen LogP contribution in [0.4, 0.5) is 0 Å². The third-order valence-corrected chi connectivity index (χ3v) is 3.10. The Kier molecular flexibility index (Phi) is 2.83. The number of hydrogen-bond donors (Lipinski definition) is 2. The lowest BCUT2D eigenvalue weighted by molar-refractivity contribution is -0.145. The average molecular weight is 240 g/mol. The normalized spacial score (nSPS) is 24.2. The molecule has 16 heavy (non-hydrogen) atoms. The summed E-state index contributed by atoms with van der Waals surface area (Å²) in [5, 5.41) is 12.0.